The van der Waals surface area contributed by atoms with Crippen molar-refractivity contribution >= 4 is 39.0 Å². The Kier molecular flexibility index (Phi) is 4.74. The number of anilines is 3. The molecule has 39 heavy (non-hydrogen) atoms. The van der Waals surface area contributed by atoms with Crippen LogP contribution in [0, 0.1) is 0 Å². The van der Waals surface area contributed by atoms with Gasteiger partial charge in [-0.3, -0.25) is 4.98 Å². The van der Waals surface area contributed by atoms with Crippen molar-refractivity contribution in [1.29, 1.82) is 0 Å². The number of para-hydroxylation sites is 2. The third-order valence-corrected chi connectivity index (χ3v) is 8.09. The summed E-state index contributed by atoms with van der Waals surface area (Å²) in [6, 6.07) is 50.2. The summed E-state index contributed by atoms with van der Waals surface area (Å²) >= 11 is 0. The Hall–Kier alpha value is -5.15. The van der Waals surface area contributed by atoms with Crippen molar-refractivity contribution in [3.8, 4) is 0 Å². The van der Waals surface area contributed by atoms with E-state index in [1.54, 1.807) is 0 Å². The molecule has 7 aromatic rings. The van der Waals surface area contributed by atoms with Crippen molar-refractivity contribution in [3.63, 3.8) is 0 Å². The largest absolute Gasteiger partial charge is 0.353 e. The van der Waals surface area contributed by atoms with Gasteiger partial charge in [-0.25, -0.2) is 0 Å². The van der Waals surface area contributed by atoms with Gasteiger partial charge in [0.15, 0.2) is 0 Å². The molecule has 0 bridgehead atoms. The molecule has 3 heterocycles. The van der Waals surface area contributed by atoms with Gasteiger partial charge in [-0.05, 0) is 64.7 Å². The summed E-state index contributed by atoms with van der Waals surface area (Å²) in [7, 11) is 0. The van der Waals surface area contributed by atoms with Gasteiger partial charge in [0, 0.05) is 17.3 Å². The Labute approximate surface area is 227 Å². The van der Waals surface area contributed by atoms with Crippen LogP contribution >= 0.6 is 0 Å². The zero-order valence-corrected chi connectivity index (χ0v) is 21.3. The zero-order valence-electron chi connectivity index (χ0n) is 21.3. The lowest BCUT2D eigenvalue weighted by Gasteiger charge is -2.46. The van der Waals surface area contributed by atoms with Gasteiger partial charge in [0.25, 0.3) is 0 Å². The zero-order chi connectivity index (χ0) is 25.8. The molecule has 1 aliphatic heterocycles. The number of rotatable bonds is 3. The fourth-order valence-corrected chi connectivity index (χ4v) is 6.52. The first-order valence-corrected chi connectivity index (χ1v) is 13.3. The van der Waals surface area contributed by atoms with E-state index in [4.69, 9.17) is 4.98 Å². The SMILES string of the molecule is c1ccc(N2c3ccccc3C(c3ccccc3)(c3ccccc3)c3cc4c(cc32)[nH]c2cccnc24)cc1. The minimum absolute atomic E-state index is 0.522. The monoisotopic (exact) mass is 499 g/mol. The third kappa shape index (κ3) is 3.07. The number of nitrogens with one attached hydrogen (secondary N) is 1. The van der Waals surface area contributed by atoms with Crippen molar-refractivity contribution in [3.05, 3.63) is 168 Å². The maximum absolute atomic E-state index is 4.79. The predicted octanol–water partition coefficient (Wildman–Crippen LogP) is 8.88. The maximum Gasteiger partial charge on any atom is 0.0957 e. The smallest absolute Gasteiger partial charge is 0.0957 e. The number of nitrogens with zero attached hydrogens (tertiary/aromatic N) is 2. The second-order valence-corrected chi connectivity index (χ2v) is 10.1. The molecule has 0 saturated heterocycles. The summed E-state index contributed by atoms with van der Waals surface area (Å²) in [4.78, 5) is 10.8. The molecule has 0 spiro atoms. The minimum atomic E-state index is -0.522. The molecule has 0 amide bonds. The van der Waals surface area contributed by atoms with Gasteiger partial charge in [-0.1, -0.05) is 97.1 Å². The van der Waals surface area contributed by atoms with E-state index < -0.39 is 5.41 Å². The molecule has 8 rings (SSSR count). The lowest BCUT2D eigenvalue weighted by molar-refractivity contribution is 0.732. The van der Waals surface area contributed by atoms with Gasteiger partial charge in [0.1, 0.15) is 0 Å². The van der Waals surface area contributed by atoms with Crippen LogP contribution in [0.3, 0.4) is 0 Å². The van der Waals surface area contributed by atoms with Gasteiger partial charge in [0.05, 0.1) is 33.3 Å². The lowest BCUT2D eigenvalue weighted by atomic mass is 9.62. The molecular weight excluding hydrogens is 474 g/mol. The van der Waals surface area contributed by atoms with Crippen molar-refractivity contribution in [2.45, 2.75) is 5.41 Å². The van der Waals surface area contributed by atoms with Crippen LogP contribution in [-0.2, 0) is 5.41 Å². The van der Waals surface area contributed by atoms with Crippen LogP contribution in [0.15, 0.2) is 146 Å². The second-order valence-electron chi connectivity index (χ2n) is 10.1. The van der Waals surface area contributed by atoms with Crippen LogP contribution in [0.25, 0.3) is 21.9 Å². The van der Waals surface area contributed by atoms with E-state index >= 15 is 0 Å². The highest BCUT2D eigenvalue weighted by Crippen LogP contribution is 2.58. The molecule has 0 aliphatic carbocycles. The van der Waals surface area contributed by atoms with E-state index in [9.17, 15) is 0 Å². The molecule has 2 aromatic heterocycles. The van der Waals surface area contributed by atoms with Gasteiger partial charge < -0.3 is 9.88 Å². The van der Waals surface area contributed by atoms with E-state index in [2.05, 4.69) is 143 Å². The minimum Gasteiger partial charge on any atom is -0.353 e. The molecule has 1 N–H and O–H groups in total. The Balaban J connectivity index is 1.60. The summed E-state index contributed by atoms with van der Waals surface area (Å²) in [6.07, 6.45) is 1.88. The predicted molar refractivity (Wildman–Crippen MR) is 160 cm³/mol. The van der Waals surface area contributed by atoms with Crippen LogP contribution < -0.4 is 4.90 Å². The molecule has 3 nitrogen and oxygen atoms in total. The Morgan fingerprint density at radius 3 is 1.90 bits per heavy atom. The Morgan fingerprint density at radius 1 is 0.538 bits per heavy atom. The summed E-state index contributed by atoms with van der Waals surface area (Å²) in [5, 5.41) is 1.13. The first kappa shape index (κ1) is 21.9. The number of benzene rings is 5. The number of H-pyrrole nitrogens is 1. The molecule has 1 aliphatic rings. The molecule has 3 heteroatoms. The number of hydrogen-bond acceptors (Lipinski definition) is 2. The highest BCUT2D eigenvalue weighted by atomic mass is 15.2. The van der Waals surface area contributed by atoms with Crippen molar-refractivity contribution in [2.75, 3.05) is 4.90 Å². The number of aromatic amines is 1. The van der Waals surface area contributed by atoms with Crippen LogP contribution in [0.1, 0.15) is 22.3 Å². The van der Waals surface area contributed by atoms with Gasteiger partial charge in [-0.2, -0.15) is 0 Å². The molecule has 0 fully saturated rings. The van der Waals surface area contributed by atoms with Crippen molar-refractivity contribution in [2.24, 2.45) is 0 Å². The van der Waals surface area contributed by atoms with Gasteiger partial charge >= 0.3 is 0 Å². The van der Waals surface area contributed by atoms with Gasteiger partial charge in [0.2, 0.25) is 0 Å². The van der Waals surface area contributed by atoms with E-state index in [0.717, 1.165) is 33.3 Å². The standard InChI is InChI=1S/C36H25N3/c1-4-13-25(14-5-1)36(26-15-6-2-7-16-26)29-19-10-11-21-33(29)39(27-17-8-3-9-18-27)34-24-32-28(23-30(34)36)35-31(38-32)20-12-22-37-35/h1-24,38H. The molecule has 5 aromatic carbocycles. The number of pyridine rings is 1. The summed E-state index contributed by atoms with van der Waals surface area (Å²) < 4.78 is 0. The number of fused-ring (bicyclic) bond motifs is 5. The highest BCUT2D eigenvalue weighted by Gasteiger charge is 2.46. The fraction of sp³-hybridized carbons (Fsp3) is 0.0278. The normalized spacial score (nSPS) is 13.8. The maximum atomic E-state index is 4.79. The summed E-state index contributed by atoms with van der Waals surface area (Å²) in [5.41, 5.74) is 11.0. The van der Waals surface area contributed by atoms with E-state index in [0.29, 0.717) is 0 Å². The first-order valence-electron chi connectivity index (χ1n) is 13.3. The summed E-state index contributed by atoms with van der Waals surface area (Å²) in [5.74, 6) is 0. The van der Waals surface area contributed by atoms with Crippen LogP contribution in [0.5, 0.6) is 0 Å². The van der Waals surface area contributed by atoms with E-state index in [-0.39, 0.29) is 0 Å². The summed E-state index contributed by atoms with van der Waals surface area (Å²) in [6.45, 7) is 0. The topological polar surface area (TPSA) is 31.9 Å². The second kappa shape index (κ2) is 8.44. The highest BCUT2D eigenvalue weighted by molar-refractivity contribution is 6.08. The molecule has 0 saturated carbocycles. The number of hydrogen-bond donors (Lipinski definition) is 1. The van der Waals surface area contributed by atoms with Gasteiger partial charge in [-0.15, -0.1) is 0 Å². The van der Waals surface area contributed by atoms with E-state index in [1.165, 1.54) is 27.9 Å². The quantitative estimate of drug-likeness (QED) is 0.263. The fourth-order valence-electron chi connectivity index (χ4n) is 6.52. The average Bonchev–Trinajstić information content (AvgIpc) is 3.38. The molecule has 0 radical (unpaired) electrons. The first-order chi connectivity index (χ1) is 19.4. The van der Waals surface area contributed by atoms with Crippen LogP contribution in [0.2, 0.25) is 0 Å². The van der Waals surface area contributed by atoms with Crippen LogP contribution in [-0.4, -0.2) is 9.97 Å². The van der Waals surface area contributed by atoms with Crippen molar-refractivity contribution in [1.82, 2.24) is 9.97 Å². The molecule has 0 atom stereocenters. The average molecular weight is 500 g/mol. The molecule has 184 valence electrons. The molecule has 0 unspecified atom stereocenters. The van der Waals surface area contributed by atoms with Crippen LogP contribution in [0.4, 0.5) is 17.1 Å². The Bertz CT molecular complexity index is 1920. The Morgan fingerprint density at radius 2 is 1.18 bits per heavy atom. The van der Waals surface area contributed by atoms with E-state index in [1.807, 2.05) is 12.3 Å². The molecular formula is C36H25N3. The number of aromatic nitrogens is 2. The van der Waals surface area contributed by atoms with Crippen molar-refractivity contribution < 1.29 is 0 Å². The third-order valence-electron chi connectivity index (χ3n) is 8.09. The lowest BCUT2D eigenvalue weighted by Crippen LogP contribution is -2.37.